The summed E-state index contributed by atoms with van der Waals surface area (Å²) >= 11 is 0. The number of hydrogen-bond acceptors (Lipinski definition) is 3. The first-order valence-electron chi connectivity index (χ1n) is 6.31. The Labute approximate surface area is 103 Å². The molecule has 1 heterocycles. The first kappa shape index (κ1) is 14.0. The molecule has 0 aromatic rings. The third-order valence-corrected chi connectivity index (χ3v) is 2.84. The predicted octanol–water partition coefficient (Wildman–Crippen LogP) is 2.12. The summed E-state index contributed by atoms with van der Waals surface area (Å²) in [6.45, 7) is 8.37. The number of likely N-dealkylation sites (tertiary alicyclic amines) is 1. The average molecular weight is 241 g/mol. The number of nitrogens with zero attached hydrogens (tertiary/aromatic N) is 1. The summed E-state index contributed by atoms with van der Waals surface area (Å²) in [5.41, 5.74) is -0.471. The van der Waals surface area contributed by atoms with Gasteiger partial charge in [-0.3, -0.25) is 9.59 Å². The maximum Gasteiger partial charge on any atom is 0.306 e. The van der Waals surface area contributed by atoms with Gasteiger partial charge < -0.3 is 9.64 Å². The van der Waals surface area contributed by atoms with Crippen LogP contribution in [-0.4, -0.2) is 35.0 Å². The van der Waals surface area contributed by atoms with Crippen molar-refractivity contribution in [3.63, 3.8) is 0 Å². The highest BCUT2D eigenvalue weighted by atomic mass is 16.6. The number of ether oxygens (including phenoxy) is 1. The Morgan fingerprint density at radius 1 is 1.29 bits per heavy atom. The number of carbonyl (C=O) groups excluding carboxylic acids is 2. The van der Waals surface area contributed by atoms with Gasteiger partial charge in [0.15, 0.2) is 0 Å². The molecule has 1 aliphatic heterocycles. The molecule has 4 heteroatoms. The van der Waals surface area contributed by atoms with Crippen LogP contribution in [0.3, 0.4) is 0 Å². The van der Waals surface area contributed by atoms with Crippen LogP contribution in [0, 0.1) is 0 Å². The molecule has 1 rings (SSSR count). The summed E-state index contributed by atoms with van der Waals surface area (Å²) in [5.74, 6) is -0.224. The molecule has 1 atom stereocenters. The van der Waals surface area contributed by atoms with Gasteiger partial charge in [0.1, 0.15) is 5.60 Å². The van der Waals surface area contributed by atoms with Crippen molar-refractivity contribution in [2.24, 2.45) is 0 Å². The first-order valence-corrected chi connectivity index (χ1v) is 6.31. The molecule has 0 spiro atoms. The molecule has 0 unspecified atom stereocenters. The van der Waals surface area contributed by atoms with Gasteiger partial charge in [0.2, 0.25) is 5.91 Å². The Hall–Kier alpha value is -1.06. The smallest absolute Gasteiger partial charge is 0.306 e. The maximum atomic E-state index is 11.8. The highest BCUT2D eigenvalue weighted by molar-refractivity contribution is 5.81. The standard InChI is InChI=1S/C13H23NO3/c1-10-6-5-9-14(10)11(15)7-8-12(16)17-13(2,3)4/h10H,5-9H2,1-4H3/t10-/m1/s1. The molecule has 1 fully saturated rings. The Kier molecular flexibility index (Phi) is 4.54. The zero-order chi connectivity index (χ0) is 13.1. The SMILES string of the molecule is C[C@@H]1CCCN1C(=O)CCC(=O)OC(C)(C)C. The maximum absolute atomic E-state index is 11.8. The van der Waals surface area contributed by atoms with Crippen LogP contribution in [0.15, 0.2) is 0 Å². The van der Waals surface area contributed by atoms with Crippen molar-refractivity contribution in [2.45, 2.75) is 65.0 Å². The Morgan fingerprint density at radius 2 is 1.94 bits per heavy atom. The van der Waals surface area contributed by atoms with Gasteiger partial charge >= 0.3 is 5.97 Å². The molecule has 98 valence electrons. The van der Waals surface area contributed by atoms with Crippen LogP contribution >= 0.6 is 0 Å². The van der Waals surface area contributed by atoms with Gasteiger partial charge in [-0.25, -0.2) is 0 Å². The van der Waals surface area contributed by atoms with E-state index >= 15 is 0 Å². The van der Waals surface area contributed by atoms with Crippen molar-refractivity contribution in [3.05, 3.63) is 0 Å². The fraction of sp³-hybridized carbons (Fsp3) is 0.846. The molecule has 0 N–H and O–H groups in total. The van der Waals surface area contributed by atoms with Crippen molar-refractivity contribution < 1.29 is 14.3 Å². The molecule has 17 heavy (non-hydrogen) atoms. The monoisotopic (exact) mass is 241 g/mol. The van der Waals surface area contributed by atoms with Crippen LogP contribution in [0.1, 0.15) is 53.4 Å². The second-order valence-corrected chi connectivity index (χ2v) is 5.66. The summed E-state index contributed by atoms with van der Waals surface area (Å²) in [7, 11) is 0. The zero-order valence-corrected chi connectivity index (χ0v) is 11.3. The normalized spacial score (nSPS) is 20.5. The van der Waals surface area contributed by atoms with Crippen molar-refractivity contribution in [3.8, 4) is 0 Å². The summed E-state index contributed by atoms with van der Waals surface area (Å²) in [5, 5.41) is 0. The Balaban J connectivity index is 2.31. The summed E-state index contributed by atoms with van der Waals surface area (Å²) < 4.78 is 5.17. The van der Waals surface area contributed by atoms with Crippen LogP contribution in [0.2, 0.25) is 0 Å². The highest BCUT2D eigenvalue weighted by Gasteiger charge is 2.25. The number of amides is 1. The average Bonchev–Trinajstić information content (AvgIpc) is 2.58. The molecule has 0 aromatic carbocycles. The lowest BCUT2D eigenvalue weighted by molar-refractivity contribution is -0.156. The van der Waals surface area contributed by atoms with Gasteiger partial charge in [-0.05, 0) is 40.5 Å². The quantitative estimate of drug-likeness (QED) is 0.711. The van der Waals surface area contributed by atoms with E-state index in [0.717, 1.165) is 19.4 Å². The largest absolute Gasteiger partial charge is 0.460 e. The fourth-order valence-electron chi connectivity index (χ4n) is 2.05. The van der Waals surface area contributed by atoms with E-state index in [1.165, 1.54) is 0 Å². The Morgan fingerprint density at radius 3 is 2.41 bits per heavy atom. The van der Waals surface area contributed by atoms with E-state index < -0.39 is 5.60 Å². The summed E-state index contributed by atoms with van der Waals surface area (Å²) in [6.07, 6.45) is 2.58. The molecule has 0 aromatic heterocycles. The first-order chi connectivity index (χ1) is 7.79. The molecular weight excluding hydrogens is 218 g/mol. The lowest BCUT2D eigenvalue weighted by Gasteiger charge is -2.22. The van der Waals surface area contributed by atoms with Gasteiger partial charge in [-0.15, -0.1) is 0 Å². The van der Waals surface area contributed by atoms with E-state index in [-0.39, 0.29) is 24.7 Å². The van der Waals surface area contributed by atoms with Crippen LogP contribution in [0.25, 0.3) is 0 Å². The molecule has 0 radical (unpaired) electrons. The van der Waals surface area contributed by atoms with Gasteiger partial charge in [-0.2, -0.15) is 0 Å². The van der Waals surface area contributed by atoms with Gasteiger partial charge in [0.05, 0.1) is 6.42 Å². The molecule has 0 bridgehead atoms. The number of esters is 1. The predicted molar refractivity (Wildman–Crippen MR) is 65.5 cm³/mol. The van der Waals surface area contributed by atoms with E-state index in [0.29, 0.717) is 6.04 Å². The number of hydrogen-bond donors (Lipinski definition) is 0. The van der Waals surface area contributed by atoms with Crippen LogP contribution in [-0.2, 0) is 14.3 Å². The van der Waals surface area contributed by atoms with E-state index in [1.54, 1.807) is 0 Å². The summed E-state index contributed by atoms with van der Waals surface area (Å²) in [4.78, 5) is 25.2. The topological polar surface area (TPSA) is 46.6 Å². The zero-order valence-electron chi connectivity index (χ0n) is 11.3. The molecular formula is C13H23NO3. The van der Waals surface area contributed by atoms with Crippen LogP contribution in [0.5, 0.6) is 0 Å². The second kappa shape index (κ2) is 5.52. The van der Waals surface area contributed by atoms with E-state index in [2.05, 4.69) is 6.92 Å². The number of rotatable bonds is 3. The van der Waals surface area contributed by atoms with Crippen molar-refractivity contribution in [1.82, 2.24) is 4.90 Å². The molecule has 0 saturated carbocycles. The molecule has 1 saturated heterocycles. The highest BCUT2D eigenvalue weighted by Crippen LogP contribution is 2.18. The van der Waals surface area contributed by atoms with E-state index in [1.807, 2.05) is 25.7 Å². The molecule has 4 nitrogen and oxygen atoms in total. The van der Waals surface area contributed by atoms with Gasteiger partial charge in [0.25, 0.3) is 0 Å². The summed E-state index contributed by atoms with van der Waals surface area (Å²) in [6, 6.07) is 0.320. The number of carbonyl (C=O) groups is 2. The van der Waals surface area contributed by atoms with Crippen molar-refractivity contribution in [1.29, 1.82) is 0 Å². The second-order valence-electron chi connectivity index (χ2n) is 5.66. The Bertz CT molecular complexity index is 294. The fourth-order valence-corrected chi connectivity index (χ4v) is 2.05. The minimum atomic E-state index is -0.471. The van der Waals surface area contributed by atoms with Gasteiger partial charge in [0, 0.05) is 19.0 Å². The van der Waals surface area contributed by atoms with Gasteiger partial charge in [-0.1, -0.05) is 0 Å². The third kappa shape index (κ3) is 4.75. The van der Waals surface area contributed by atoms with E-state index in [9.17, 15) is 9.59 Å². The minimum Gasteiger partial charge on any atom is -0.460 e. The molecule has 0 aliphatic carbocycles. The van der Waals surface area contributed by atoms with Crippen LogP contribution < -0.4 is 0 Å². The molecule has 1 amide bonds. The third-order valence-electron chi connectivity index (χ3n) is 2.84. The molecule has 1 aliphatic rings. The van der Waals surface area contributed by atoms with Crippen molar-refractivity contribution in [2.75, 3.05) is 6.54 Å². The lowest BCUT2D eigenvalue weighted by Crippen LogP contribution is -2.34. The minimum absolute atomic E-state index is 0.0702. The van der Waals surface area contributed by atoms with Crippen molar-refractivity contribution >= 4 is 11.9 Å². The lowest BCUT2D eigenvalue weighted by atomic mass is 10.2. The van der Waals surface area contributed by atoms with Crippen LogP contribution in [0.4, 0.5) is 0 Å². The van der Waals surface area contributed by atoms with E-state index in [4.69, 9.17) is 4.74 Å².